The van der Waals surface area contributed by atoms with E-state index in [1.807, 2.05) is 13.0 Å². The van der Waals surface area contributed by atoms with E-state index < -0.39 is 22.6 Å². The second-order valence-electron chi connectivity index (χ2n) is 8.24. The number of carbonyl (C=O) groups excluding carboxylic acids is 2. The molecule has 3 rings (SSSR count). The largest absolute Gasteiger partial charge is 0.452 e. The van der Waals surface area contributed by atoms with Crippen molar-refractivity contribution in [3.8, 4) is 0 Å². The van der Waals surface area contributed by atoms with Gasteiger partial charge in [0.2, 0.25) is 0 Å². The molecule has 2 aromatic carbocycles. The molecule has 0 aromatic heterocycles. The van der Waals surface area contributed by atoms with Crippen molar-refractivity contribution in [2.24, 2.45) is 0 Å². The molecular weight excluding hydrogens is 440 g/mol. The Kier molecular flexibility index (Phi) is 8.27. The number of esters is 1. The zero-order valence-electron chi connectivity index (χ0n) is 19.0. The maximum Gasteiger partial charge on any atom is 0.338 e. The van der Waals surface area contributed by atoms with E-state index in [9.17, 15) is 18.0 Å². The minimum absolute atomic E-state index is 0.0244. The van der Waals surface area contributed by atoms with Crippen LogP contribution in [0, 0.1) is 13.8 Å². The molecule has 1 aliphatic carbocycles. The predicted octanol–water partition coefficient (Wildman–Crippen LogP) is 4.27. The number of rotatable bonds is 9. The molecule has 0 radical (unpaired) electrons. The molecule has 1 amide bonds. The lowest BCUT2D eigenvalue weighted by Gasteiger charge is -2.13. The van der Waals surface area contributed by atoms with Gasteiger partial charge in [-0.25, -0.2) is 13.2 Å². The Morgan fingerprint density at radius 3 is 2.61 bits per heavy atom. The van der Waals surface area contributed by atoms with Crippen LogP contribution in [0.25, 0.3) is 0 Å². The van der Waals surface area contributed by atoms with E-state index in [1.54, 1.807) is 31.2 Å². The van der Waals surface area contributed by atoms with Crippen molar-refractivity contribution in [3.05, 3.63) is 70.8 Å². The van der Waals surface area contributed by atoms with Crippen LogP contribution in [0.2, 0.25) is 0 Å². The summed E-state index contributed by atoms with van der Waals surface area (Å²) >= 11 is 0. The zero-order chi connectivity index (χ0) is 23.8. The molecule has 0 heterocycles. The zero-order valence-corrected chi connectivity index (χ0v) is 19.8. The summed E-state index contributed by atoms with van der Waals surface area (Å²) in [5.74, 6) is -1.15. The second kappa shape index (κ2) is 11.1. The number of carbonyl (C=O) groups is 2. The normalized spacial score (nSPS) is 13.7. The van der Waals surface area contributed by atoms with E-state index in [0.717, 1.165) is 24.8 Å². The number of amides is 1. The van der Waals surface area contributed by atoms with E-state index >= 15 is 0 Å². The van der Waals surface area contributed by atoms with Crippen molar-refractivity contribution in [3.63, 3.8) is 0 Å². The minimum atomic E-state index is -3.91. The van der Waals surface area contributed by atoms with E-state index in [-0.39, 0.29) is 16.4 Å². The molecule has 8 heteroatoms. The lowest BCUT2D eigenvalue weighted by Crippen LogP contribution is -2.30. The molecule has 0 spiro atoms. The number of sulfonamides is 1. The second-order valence-corrected chi connectivity index (χ2v) is 9.89. The minimum Gasteiger partial charge on any atom is -0.452 e. The van der Waals surface area contributed by atoms with Gasteiger partial charge in [0.05, 0.1) is 10.5 Å². The Morgan fingerprint density at radius 1 is 1.06 bits per heavy atom. The average molecular weight is 471 g/mol. The maximum atomic E-state index is 12.9. The molecule has 0 unspecified atom stereocenters. The first-order valence-corrected chi connectivity index (χ1v) is 12.5. The summed E-state index contributed by atoms with van der Waals surface area (Å²) in [6, 6.07) is 11.3. The topological polar surface area (TPSA) is 102 Å². The van der Waals surface area contributed by atoms with Crippen LogP contribution in [0.3, 0.4) is 0 Å². The van der Waals surface area contributed by atoms with Crippen LogP contribution in [-0.2, 0) is 19.6 Å². The first-order chi connectivity index (χ1) is 15.7. The van der Waals surface area contributed by atoms with Gasteiger partial charge in [0, 0.05) is 12.2 Å². The van der Waals surface area contributed by atoms with Gasteiger partial charge in [0.25, 0.3) is 15.9 Å². The first-order valence-electron chi connectivity index (χ1n) is 11.1. The molecule has 2 aromatic rings. The van der Waals surface area contributed by atoms with Gasteiger partial charge in [-0.15, -0.1) is 0 Å². The molecule has 0 atom stereocenters. The van der Waals surface area contributed by atoms with Gasteiger partial charge in [0.1, 0.15) is 0 Å². The Labute approximate surface area is 195 Å². The number of hydrogen-bond acceptors (Lipinski definition) is 5. The third-order valence-corrected chi connectivity index (χ3v) is 6.99. The summed E-state index contributed by atoms with van der Waals surface area (Å²) in [6.45, 7) is 3.59. The van der Waals surface area contributed by atoms with Crippen molar-refractivity contribution < 1.29 is 22.7 Å². The monoisotopic (exact) mass is 470 g/mol. The third-order valence-electron chi connectivity index (χ3n) is 5.47. The van der Waals surface area contributed by atoms with Gasteiger partial charge in [-0.3, -0.25) is 9.52 Å². The number of benzene rings is 2. The fourth-order valence-corrected chi connectivity index (χ4v) is 5.02. The van der Waals surface area contributed by atoms with Gasteiger partial charge >= 0.3 is 5.97 Å². The molecule has 0 saturated carbocycles. The van der Waals surface area contributed by atoms with Gasteiger partial charge in [-0.05, 0) is 81.3 Å². The summed E-state index contributed by atoms with van der Waals surface area (Å²) in [6.07, 6.45) is 7.60. The Hall–Kier alpha value is -3.13. The molecule has 2 N–H and O–H groups in total. The summed E-state index contributed by atoms with van der Waals surface area (Å²) < 4.78 is 33.4. The standard InChI is InChI=1S/C25H30N2O5S/c1-18-7-6-10-22(15-18)27-33(30,31)23-16-21(12-11-19(23)2)25(29)32-17-24(28)26-14-13-20-8-4-3-5-9-20/h6-8,10-12,15-16,27H,3-5,9,13-14,17H2,1-2H3,(H,26,28). The molecule has 0 fully saturated rings. The van der Waals surface area contributed by atoms with E-state index in [4.69, 9.17) is 4.74 Å². The molecule has 7 nitrogen and oxygen atoms in total. The van der Waals surface area contributed by atoms with Crippen LogP contribution in [-0.4, -0.2) is 33.4 Å². The van der Waals surface area contributed by atoms with E-state index in [1.165, 1.54) is 30.5 Å². The van der Waals surface area contributed by atoms with Crippen LogP contribution in [0.4, 0.5) is 5.69 Å². The third kappa shape index (κ3) is 7.18. The molecule has 0 bridgehead atoms. The van der Waals surface area contributed by atoms with Crippen molar-refractivity contribution >= 4 is 27.6 Å². The lowest BCUT2D eigenvalue weighted by molar-refractivity contribution is -0.124. The van der Waals surface area contributed by atoms with E-state index in [2.05, 4.69) is 16.1 Å². The SMILES string of the molecule is Cc1cccc(NS(=O)(=O)c2cc(C(=O)OCC(=O)NCCC3=CCCCC3)ccc2C)c1. The van der Waals surface area contributed by atoms with Gasteiger partial charge in [0.15, 0.2) is 6.61 Å². The number of hydrogen-bond donors (Lipinski definition) is 2. The number of anilines is 1. The highest BCUT2D eigenvalue weighted by atomic mass is 32.2. The number of ether oxygens (including phenoxy) is 1. The summed E-state index contributed by atoms with van der Waals surface area (Å²) in [5.41, 5.74) is 3.25. The Balaban J connectivity index is 1.58. The highest BCUT2D eigenvalue weighted by Crippen LogP contribution is 2.22. The molecule has 33 heavy (non-hydrogen) atoms. The quantitative estimate of drug-likeness (QED) is 0.421. The molecule has 0 saturated heterocycles. The molecule has 0 aliphatic heterocycles. The summed E-state index contributed by atoms with van der Waals surface area (Å²) in [4.78, 5) is 24.4. The van der Waals surface area contributed by atoms with Crippen LogP contribution in [0.1, 0.15) is 53.6 Å². The highest BCUT2D eigenvalue weighted by Gasteiger charge is 2.20. The average Bonchev–Trinajstić information content (AvgIpc) is 2.78. The van der Waals surface area contributed by atoms with E-state index in [0.29, 0.717) is 17.8 Å². The summed E-state index contributed by atoms with van der Waals surface area (Å²) in [7, 11) is -3.91. The van der Waals surface area contributed by atoms with Gasteiger partial charge < -0.3 is 10.1 Å². The van der Waals surface area contributed by atoms with Crippen molar-refractivity contribution in [2.45, 2.75) is 50.8 Å². The van der Waals surface area contributed by atoms with Crippen molar-refractivity contribution in [1.82, 2.24) is 5.32 Å². The fourth-order valence-electron chi connectivity index (χ4n) is 3.69. The molecular formula is C25H30N2O5S. The van der Waals surface area contributed by atoms with Crippen LogP contribution < -0.4 is 10.0 Å². The number of nitrogens with one attached hydrogen (secondary N) is 2. The first kappa shape index (κ1) is 24.5. The lowest BCUT2D eigenvalue weighted by atomic mass is 9.97. The Morgan fingerprint density at radius 2 is 1.88 bits per heavy atom. The number of aryl methyl sites for hydroxylation is 2. The predicted molar refractivity (Wildman–Crippen MR) is 128 cm³/mol. The fraction of sp³-hybridized carbons (Fsp3) is 0.360. The summed E-state index contributed by atoms with van der Waals surface area (Å²) in [5, 5.41) is 2.75. The van der Waals surface area contributed by atoms with Crippen molar-refractivity contribution in [1.29, 1.82) is 0 Å². The van der Waals surface area contributed by atoms with Crippen LogP contribution >= 0.6 is 0 Å². The van der Waals surface area contributed by atoms with Gasteiger partial charge in [-0.1, -0.05) is 29.8 Å². The molecule has 176 valence electrons. The smallest absolute Gasteiger partial charge is 0.338 e. The highest BCUT2D eigenvalue weighted by molar-refractivity contribution is 7.92. The number of allylic oxidation sites excluding steroid dienone is 1. The maximum absolute atomic E-state index is 12.9. The Bertz CT molecular complexity index is 1160. The van der Waals surface area contributed by atoms with Crippen molar-refractivity contribution in [2.75, 3.05) is 17.9 Å². The van der Waals surface area contributed by atoms with Crippen LogP contribution in [0.5, 0.6) is 0 Å². The van der Waals surface area contributed by atoms with Gasteiger partial charge in [-0.2, -0.15) is 0 Å². The van der Waals surface area contributed by atoms with Crippen LogP contribution in [0.15, 0.2) is 59.0 Å². The molecule has 1 aliphatic rings.